The maximum atomic E-state index is 11.4. The molecule has 18 heavy (non-hydrogen) atoms. The second kappa shape index (κ2) is 5.90. The summed E-state index contributed by atoms with van der Waals surface area (Å²) in [5.74, 6) is -0.553. The molecule has 0 bridgehead atoms. The third-order valence-electron chi connectivity index (χ3n) is 2.36. The summed E-state index contributed by atoms with van der Waals surface area (Å²) in [5, 5.41) is 10.9. The summed E-state index contributed by atoms with van der Waals surface area (Å²) in [4.78, 5) is 32.5. The molecule has 0 atom stereocenters. The standard InChI is InChI=1S/C12H13NO5/c1-3-18-11(15)6-10-5-9(7-14)4-8(2)12(10)13(16)17/h4-5,7H,3,6H2,1-2H3. The summed E-state index contributed by atoms with van der Waals surface area (Å²) >= 11 is 0. The van der Waals surface area contributed by atoms with Crippen LogP contribution in [0.25, 0.3) is 0 Å². The van der Waals surface area contributed by atoms with E-state index in [1.807, 2.05) is 0 Å². The van der Waals surface area contributed by atoms with Crippen LogP contribution in [0, 0.1) is 17.0 Å². The maximum Gasteiger partial charge on any atom is 0.310 e. The molecule has 96 valence electrons. The van der Waals surface area contributed by atoms with Gasteiger partial charge in [-0.3, -0.25) is 19.7 Å². The topological polar surface area (TPSA) is 86.5 Å². The molecule has 1 aromatic carbocycles. The van der Waals surface area contributed by atoms with Crippen molar-refractivity contribution in [3.63, 3.8) is 0 Å². The lowest BCUT2D eigenvalue weighted by Gasteiger charge is -2.06. The highest BCUT2D eigenvalue weighted by Crippen LogP contribution is 2.25. The van der Waals surface area contributed by atoms with Gasteiger partial charge in [-0.1, -0.05) is 0 Å². The van der Waals surface area contributed by atoms with Crippen molar-refractivity contribution in [2.24, 2.45) is 0 Å². The Hall–Kier alpha value is -2.24. The molecule has 6 heteroatoms. The smallest absolute Gasteiger partial charge is 0.310 e. The van der Waals surface area contributed by atoms with Gasteiger partial charge in [0.15, 0.2) is 0 Å². The number of benzene rings is 1. The van der Waals surface area contributed by atoms with Gasteiger partial charge in [0, 0.05) is 16.7 Å². The molecule has 0 aliphatic rings. The number of carbonyl (C=O) groups is 2. The van der Waals surface area contributed by atoms with E-state index in [4.69, 9.17) is 4.74 Å². The number of hydrogen-bond acceptors (Lipinski definition) is 5. The molecule has 0 saturated carbocycles. The molecule has 1 aromatic rings. The molecule has 0 unspecified atom stereocenters. The molecule has 0 N–H and O–H groups in total. The first-order valence-corrected chi connectivity index (χ1v) is 5.38. The third-order valence-corrected chi connectivity index (χ3v) is 2.36. The van der Waals surface area contributed by atoms with Gasteiger partial charge in [-0.05, 0) is 26.0 Å². The first-order chi connectivity index (χ1) is 8.49. The van der Waals surface area contributed by atoms with E-state index in [0.29, 0.717) is 17.4 Å². The Morgan fingerprint density at radius 2 is 2.17 bits per heavy atom. The van der Waals surface area contributed by atoms with Gasteiger partial charge in [0.1, 0.15) is 6.29 Å². The lowest BCUT2D eigenvalue weighted by molar-refractivity contribution is -0.386. The highest BCUT2D eigenvalue weighted by atomic mass is 16.6. The van der Waals surface area contributed by atoms with Crippen LogP contribution in [0.1, 0.15) is 28.4 Å². The molecule has 0 fully saturated rings. The molecule has 0 heterocycles. The van der Waals surface area contributed by atoms with Gasteiger partial charge >= 0.3 is 5.97 Å². The van der Waals surface area contributed by atoms with E-state index >= 15 is 0 Å². The summed E-state index contributed by atoms with van der Waals surface area (Å²) in [6, 6.07) is 2.76. The van der Waals surface area contributed by atoms with Crippen LogP contribution in [0.15, 0.2) is 12.1 Å². The summed E-state index contributed by atoms with van der Waals surface area (Å²) in [7, 11) is 0. The predicted octanol–water partition coefficient (Wildman–Crippen LogP) is 1.82. The van der Waals surface area contributed by atoms with Crippen molar-refractivity contribution >= 4 is 17.9 Å². The van der Waals surface area contributed by atoms with Gasteiger partial charge in [0.25, 0.3) is 5.69 Å². The number of esters is 1. The first-order valence-electron chi connectivity index (χ1n) is 5.38. The van der Waals surface area contributed by atoms with E-state index in [0.717, 1.165) is 0 Å². The zero-order chi connectivity index (χ0) is 13.7. The van der Waals surface area contributed by atoms with Crippen molar-refractivity contribution in [1.29, 1.82) is 0 Å². The highest BCUT2D eigenvalue weighted by Gasteiger charge is 2.21. The van der Waals surface area contributed by atoms with E-state index < -0.39 is 10.9 Å². The largest absolute Gasteiger partial charge is 0.466 e. The third kappa shape index (κ3) is 3.13. The number of ether oxygens (including phenoxy) is 1. The number of aldehydes is 1. The maximum absolute atomic E-state index is 11.4. The zero-order valence-corrected chi connectivity index (χ0v) is 10.1. The fraction of sp³-hybridized carbons (Fsp3) is 0.333. The van der Waals surface area contributed by atoms with Crippen molar-refractivity contribution < 1.29 is 19.2 Å². The minimum atomic E-state index is -0.557. The van der Waals surface area contributed by atoms with Crippen LogP contribution < -0.4 is 0 Å². The fourth-order valence-corrected chi connectivity index (χ4v) is 1.71. The monoisotopic (exact) mass is 251 g/mol. The van der Waals surface area contributed by atoms with E-state index in [2.05, 4.69) is 0 Å². The molecular formula is C12H13NO5. The number of carbonyl (C=O) groups excluding carboxylic acids is 2. The first kappa shape index (κ1) is 13.8. The van der Waals surface area contributed by atoms with Crippen LogP contribution >= 0.6 is 0 Å². The minimum Gasteiger partial charge on any atom is -0.466 e. The number of nitrogens with zero attached hydrogens (tertiary/aromatic N) is 1. The summed E-state index contributed by atoms with van der Waals surface area (Å²) in [6.07, 6.45) is 0.373. The molecule has 0 saturated heterocycles. The van der Waals surface area contributed by atoms with Crippen LogP contribution in [0.4, 0.5) is 5.69 Å². The van der Waals surface area contributed by atoms with Gasteiger partial charge in [-0.15, -0.1) is 0 Å². The minimum absolute atomic E-state index is 0.145. The summed E-state index contributed by atoms with van der Waals surface area (Å²) in [6.45, 7) is 3.39. The quantitative estimate of drug-likeness (QED) is 0.345. The second-order valence-electron chi connectivity index (χ2n) is 3.70. The summed E-state index contributed by atoms with van der Waals surface area (Å²) in [5.41, 5.74) is 0.704. The van der Waals surface area contributed by atoms with E-state index in [1.165, 1.54) is 19.1 Å². The molecule has 0 amide bonds. The second-order valence-corrected chi connectivity index (χ2v) is 3.70. The van der Waals surface area contributed by atoms with Crippen molar-refractivity contribution in [2.75, 3.05) is 6.61 Å². The number of nitro groups is 1. The van der Waals surface area contributed by atoms with E-state index in [9.17, 15) is 19.7 Å². The Balaban J connectivity index is 3.21. The Kier molecular flexibility index (Phi) is 4.53. The Morgan fingerprint density at radius 3 is 2.67 bits per heavy atom. The molecule has 1 rings (SSSR count). The molecule has 0 aliphatic heterocycles. The van der Waals surface area contributed by atoms with Gasteiger partial charge in [-0.25, -0.2) is 0 Å². The summed E-state index contributed by atoms with van der Waals surface area (Å²) < 4.78 is 4.74. The fourth-order valence-electron chi connectivity index (χ4n) is 1.71. The molecule has 0 aliphatic carbocycles. The van der Waals surface area contributed by atoms with Crippen LogP contribution in [-0.4, -0.2) is 23.8 Å². The molecule has 0 aromatic heterocycles. The number of rotatable bonds is 5. The highest BCUT2D eigenvalue weighted by molar-refractivity contribution is 5.80. The lowest BCUT2D eigenvalue weighted by Crippen LogP contribution is -2.10. The number of hydrogen-bond donors (Lipinski definition) is 0. The number of nitro benzene ring substituents is 1. The van der Waals surface area contributed by atoms with Crippen LogP contribution in [0.2, 0.25) is 0 Å². The van der Waals surface area contributed by atoms with Crippen molar-refractivity contribution in [3.05, 3.63) is 38.9 Å². The predicted molar refractivity (Wildman–Crippen MR) is 63.6 cm³/mol. The van der Waals surface area contributed by atoms with Crippen molar-refractivity contribution in [3.8, 4) is 0 Å². The van der Waals surface area contributed by atoms with Crippen LogP contribution in [0.3, 0.4) is 0 Å². The Labute approximate surface area is 104 Å². The number of aryl methyl sites for hydroxylation is 1. The van der Waals surface area contributed by atoms with E-state index in [-0.39, 0.29) is 24.3 Å². The average molecular weight is 251 g/mol. The SMILES string of the molecule is CCOC(=O)Cc1cc(C=O)cc(C)c1[N+](=O)[O-]. The Bertz CT molecular complexity index is 495. The van der Waals surface area contributed by atoms with Gasteiger partial charge in [0.2, 0.25) is 0 Å². The molecule has 6 nitrogen and oxygen atoms in total. The van der Waals surface area contributed by atoms with Gasteiger partial charge in [-0.2, -0.15) is 0 Å². The lowest BCUT2D eigenvalue weighted by atomic mass is 10.0. The van der Waals surface area contributed by atoms with Crippen molar-refractivity contribution in [1.82, 2.24) is 0 Å². The zero-order valence-electron chi connectivity index (χ0n) is 10.1. The molecular weight excluding hydrogens is 238 g/mol. The van der Waals surface area contributed by atoms with E-state index in [1.54, 1.807) is 6.92 Å². The van der Waals surface area contributed by atoms with Crippen molar-refractivity contribution in [2.45, 2.75) is 20.3 Å². The van der Waals surface area contributed by atoms with Crippen LogP contribution in [-0.2, 0) is 16.0 Å². The normalized spacial score (nSPS) is 9.89. The van der Waals surface area contributed by atoms with Gasteiger partial charge in [0.05, 0.1) is 18.0 Å². The van der Waals surface area contributed by atoms with Gasteiger partial charge < -0.3 is 4.74 Å². The molecule has 0 radical (unpaired) electrons. The Morgan fingerprint density at radius 1 is 1.50 bits per heavy atom. The average Bonchev–Trinajstić information content (AvgIpc) is 2.27. The molecule has 0 spiro atoms. The van der Waals surface area contributed by atoms with Crippen LogP contribution in [0.5, 0.6) is 0 Å².